The van der Waals surface area contributed by atoms with E-state index < -0.39 is 17.6 Å². The number of aromatic nitrogens is 3. The quantitative estimate of drug-likeness (QED) is 0.783. The normalized spacial score (nSPS) is 14.0. The smallest absolute Gasteiger partial charge is 0.295 e. The van der Waals surface area contributed by atoms with Gasteiger partial charge in [0.15, 0.2) is 0 Å². The van der Waals surface area contributed by atoms with Crippen molar-refractivity contribution in [1.82, 2.24) is 15.2 Å². The van der Waals surface area contributed by atoms with Crippen LogP contribution in [0.1, 0.15) is 45.6 Å². The van der Waals surface area contributed by atoms with Gasteiger partial charge in [-0.15, -0.1) is 5.10 Å². The maximum Gasteiger partial charge on any atom is 0.295 e. The molecule has 1 saturated carbocycles. The maximum absolute atomic E-state index is 13.6. The Kier molecular flexibility index (Phi) is 3.13. The zero-order valence-electron chi connectivity index (χ0n) is 10.9. The fourth-order valence-electron chi connectivity index (χ4n) is 1.87. The second-order valence-electron chi connectivity index (χ2n) is 4.83. The van der Waals surface area contributed by atoms with Crippen LogP contribution in [0.25, 0.3) is 0 Å². The Hall–Kier alpha value is -2.77. The van der Waals surface area contributed by atoms with Gasteiger partial charge in [0.25, 0.3) is 5.91 Å². The van der Waals surface area contributed by atoms with E-state index in [1.54, 1.807) is 0 Å². The number of primary amides is 1. The summed E-state index contributed by atoms with van der Waals surface area (Å²) in [7, 11) is 0. The number of benzene rings is 1. The van der Waals surface area contributed by atoms with Gasteiger partial charge in [0.05, 0.1) is 5.69 Å². The number of nitrogens with zero attached hydrogens (tertiary/aromatic N) is 2. The number of carbonyl (C=O) groups is 2. The number of hydrogen-bond donors (Lipinski definition) is 3. The molecule has 0 saturated heterocycles. The molecule has 0 bridgehead atoms. The average Bonchev–Trinajstić information content (AvgIpc) is 3.18. The van der Waals surface area contributed by atoms with Gasteiger partial charge >= 0.3 is 0 Å². The summed E-state index contributed by atoms with van der Waals surface area (Å²) in [6.45, 7) is 0. The van der Waals surface area contributed by atoms with Gasteiger partial charge in [-0.25, -0.2) is 9.37 Å². The van der Waals surface area contributed by atoms with Crippen LogP contribution < -0.4 is 11.1 Å². The molecule has 0 spiro atoms. The van der Waals surface area contributed by atoms with Crippen molar-refractivity contribution in [1.29, 1.82) is 0 Å². The Bertz CT molecular complexity index is 723. The molecule has 3 rings (SSSR count). The van der Waals surface area contributed by atoms with Crippen LogP contribution in [0.3, 0.4) is 0 Å². The van der Waals surface area contributed by atoms with E-state index in [-0.39, 0.29) is 17.1 Å². The minimum Gasteiger partial charge on any atom is -0.366 e. The lowest BCUT2D eigenvalue weighted by Crippen LogP contribution is -2.16. The first-order chi connectivity index (χ1) is 10.0. The van der Waals surface area contributed by atoms with E-state index in [1.807, 2.05) is 0 Å². The van der Waals surface area contributed by atoms with Crippen LogP contribution in [0, 0.1) is 5.82 Å². The van der Waals surface area contributed by atoms with Crippen molar-refractivity contribution in [3.05, 3.63) is 41.2 Å². The molecule has 108 valence electrons. The van der Waals surface area contributed by atoms with Crippen LogP contribution >= 0.6 is 0 Å². The van der Waals surface area contributed by atoms with E-state index in [2.05, 4.69) is 20.5 Å². The predicted octanol–water partition coefficient (Wildman–Crippen LogP) is 1.17. The van der Waals surface area contributed by atoms with Crippen molar-refractivity contribution in [3.8, 4) is 0 Å². The second kappa shape index (κ2) is 4.97. The number of amides is 2. The van der Waals surface area contributed by atoms with Crippen molar-refractivity contribution in [2.24, 2.45) is 5.73 Å². The first-order valence-electron chi connectivity index (χ1n) is 6.37. The van der Waals surface area contributed by atoms with Gasteiger partial charge in [0, 0.05) is 11.5 Å². The van der Waals surface area contributed by atoms with Gasteiger partial charge in [0.1, 0.15) is 11.6 Å². The van der Waals surface area contributed by atoms with Gasteiger partial charge in [-0.05, 0) is 31.0 Å². The Morgan fingerprint density at radius 1 is 1.38 bits per heavy atom. The SMILES string of the molecule is NC(=O)c1ccc(F)c(NC(=O)c2n[nH]c(C3CC3)n2)c1. The third-order valence-electron chi connectivity index (χ3n) is 3.17. The number of anilines is 1. The van der Waals surface area contributed by atoms with Gasteiger partial charge in [-0.3, -0.25) is 14.7 Å². The van der Waals surface area contributed by atoms with Crippen LogP contribution in [0.5, 0.6) is 0 Å². The van der Waals surface area contributed by atoms with Crippen LogP contribution in [0.15, 0.2) is 18.2 Å². The fraction of sp³-hybridized carbons (Fsp3) is 0.231. The molecule has 2 amide bonds. The summed E-state index contributed by atoms with van der Waals surface area (Å²) in [6, 6.07) is 3.47. The highest BCUT2D eigenvalue weighted by atomic mass is 19.1. The summed E-state index contributed by atoms with van der Waals surface area (Å²) in [5.41, 5.74) is 5.07. The highest BCUT2D eigenvalue weighted by molar-refractivity contribution is 6.02. The molecule has 0 radical (unpaired) electrons. The molecule has 1 aromatic carbocycles. The molecule has 2 aromatic rings. The third-order valence-corrected chi connectivity index (χ3v) is 3.17. The summed E-state index contributed by atoms with van der Waals surface area (Å²) in [4.78, 5) is 27.1. The minimum atomic E-state index is -0.709. The first-order valence-corrected chi connectivity index (χ1v) is 6.37. The Labute approximate surface area is 118 Å². The lowest BCUT2D eigenvalue weighted by Gasteiger charge is -2.05. The van der Waals surface area contributed by atoms with Crippen LogP contribution in [-0.4, -0.2) is 27.0 Å². The molecule has 0 unspecified atom stereocenters. The van der Waals surface area contributed by atoms with E-state index in [9.17, 15) is 14.0 Å². The summed E-state index contributed by atoms with van der Waals surface area (Å²) in [5.74, 6) is -1.12. The standard InChI is InChI=1S/C13H12FN5O2/c14-8-4-3-7(10(15)20)5-9(8)16-13(21)12-17-11(18-19-12)6-1-2-6/h3-6H,1-2H2,(H2,15,20)(H,16,21)(H,17,18,19). The van der Waals surface area contributed by atoms with Crippen LogP contribution in [-0.2, 0) is 0 Å². The van der Waals surface area contributed by atoms with Gasteiger partial charge < -0.3 is 11.1 Å². The number of nitrogens with two attached hydrogens (primary N) is 1. The Morgan fingerprint density at radius 2 is 2.14 bits per heavy atom. The molecule has 7 nitrogen and oxygen atoms in total. The number of halogens is 1. The van der Waals surface area contributed by atoms with E-state index >= 15 is 0 Å². The highest BCUT2D eigenvalue weighted by Gasteiger charge is 2.28. The lowest BCUT2D eigenvalue weighted by atomic mass is 10.2. The van der Waals surface area contributed by atoms with Crippen molar-refractivity contribution >= 4 is 17.5 Å². The molecular formula is C13H12FN5O2. The van der Waals surface area contributed by atoms with Gasteiger partial charge in [-0.1, -0.05) is 0 Å². The lowest BCUT2D eigenvalue weighted by molar-refractivity contribution is 0.0994. The minimum absolute atomic E-state index is 0.0687. The second-order valence-corrected chi connectivity index (χ2v) is 4.83. The number of aromatic amines is 1. The number of H-pyrrole nitrogens is 1. The first kappa shape index (κ1) is 13.2. The van der Waals surface area contributed by atoms with Crippen molar-refractivity contribution < 1.29 is 14.0 Å². The Morgan fingerprint density at radius 3 is 2.81 bits per heavy atom. The third kappa shape index (κ3) is 2.73. The molecule has 21 heavy (non-hydrogen) atoms. The molecule has 1 aliphatic rings. The number of rotatable bonds is 4. The largest absolute Gasteiger partial charge is 0.366 e. The van der Waals surface area contributed by atoms with Crippen molar-refractivity contribution in [3.63, 3.8) is 0 Å². The molecule has 4 N–H and O–H groups in total. The monoisotopic (exact) mass is 289 g/mol. The molecule has 1 aromatic heterocycles. The zero-order valence-corrected chi connectivity index (χ0v) is 10.9. The highest BCUT2D eigenvalue weighted by Crippen LogP contribution is 2.37. The molecule has 1 fully saturated rings. The van der Waals surface area contributed by atoms with Gasteiger partial charge in [0.2, 0.25) is 11.7 Å². The fourth-order valence-corrected chi connectivity index (χ4v) is 1.87. The summed E-state index contributed by atoms with van der Waals surface area (Å²) in [5, 5.41) is 8.82. The van der Waals surface area contributed by atoms with E-state index in [1.165, 1.54) is 12.1 Å². The number of nitrogens with one attached hydrogen (secondary N) is 2. The van der Waals surface area contributed by atoms with Crippen molar-refractivity contribution in [2.45, 2.75) is 18.8 Å². The summed E-state index contributed by atoms with van der Waals surface area (Å²) >= 11 is 0. The zero-order chi connectivity index (χ0) is 15.0. The average molecular weight is 289 g/mol. The van der Waals surface area contributed by atoms with Crippen LogP contribution in [0.2, 0.25) is 0 Å². The topological polar surface area (TPSA) is 114 Å². The molecule has 0 aliphatic heterocycles. The molecular weight excluding hydrogens is 277 g/mol. The van der Waals surface area contributed by atoms with Crippen molar-refractivity contribution in [2.75, 3.05) is 5.32 Å². The Balaban J connectivity index is 1.79. The molecule has 1 heterocycles. The molecule has 1 aliphatic carbocycles. The van der Waals surface area contributed by atoms with E-state index in [0.717, 1.165) is 18.9 Å². The number of hydrogen-bond acceptors (Lipinski definition) is 4. The number of carbonyl (C=O) groups excluding carboxylic acids is 2. The summed E-state index contributed by atoms with van der Waals surface area (Å²) in [6.07, 6.45) is 2.04. The molecule has 0 atom stereocenters. The van der Waals surface area contributed by atoms with Crippen LogP contribution in [0.4, 0.5) is 10.1 Å². The van der Waals surface area contributed by atoms with E-state index in [0.29, 0.717) is 11.7 Å². The predicted molar refractivity (Wildman–Crippen MR) is 71.2 cm³/mol. The maximum atomic E-state index is 13.6. The summed E-state index contributed by atoms with van der Waals surface area (Å²) < 4.78 is 13.6. The van der Waals surface area contributed by atoms with Gasteiger partial charge in [-0.2, -0.15) is 0 Å². The molecule has 8 heteroatoms. The van der Waals surface area contributed by atoms with E-state index in [4.69, 9.17) is 5.73 Å².